The van der Waals surface area contributed by atoms with Gasteiger partial charge in [0.15, 0.2) is 0 Å². The molecule has 0 aliphatic rings. The Morgan fingerprint density at radius 1 is 1.50 bits per heavy atom. The highest BCUT2D eigenvalue weighted by atomic mass is 19.4. The largest absolute Gasteiger partial charge is 0.411 e. The molecular formula is C9H17F3N2O2. The van der Waals surface area contributed by atoms with Gasteiger partial charge in [0.2, 0.25) is 5.91 Å². The number of alkyl halides is 3. The van der Waals surface area contributed by atoms with Crippen LogP contribution in [0.15, 0.2) is 0 Å². The van der Waals surface area contributed by atoms with Crippen LogP contribution in [0.5, 0.6) is 0 Å². The second kappa shape index (κ2) is 7.45. The maximum Gasteiger partial charge on any atom is 0.411 e. The highest BCUT2D eigenvalue weighted by Crippen LogP contribution is 2.13. The standard InChI is InChI=1S/C9H17F3N2O2/c1-2-7(13)5-8(15)14-3-4-16-6-9(10,11)12/h7H,2-6,13H2,1H3,(H,14,15). The number of amides is 1. The lowest BCUT2D eigenvalue weighted by molar-refractivity contribution is -0.173. The van der Waals surface area contributed by atoms with Gasteiger partial charge in [0.1, 0.15) is 6.61 Å². The van der Waals surface area contributed by atoms with Crippen LogP contribution in [0.4, 0.5) is 13.2 Å². The average Bonchev–Trinajstić information content (AvgIpc) is 2.15. The van der Waals surface area contributed by atoms with E-state index in [9.17, 15) is 18.0 Å². The molecular weight excluding hydrogens is 225 g/mol. The van der Waals surface area contributed by atoms with Crippen molar-refractivity contribution in [2.75, 3.05) is 19.8 Å². The van der Waals surface area contributed by atoms with Gasteiger partial charge in [0, 0.05) is 19.0 Å². The first-order valence-electron chi connectivity index (χ1n) is 5.02. The Bertz CT molecular complexity index is 209. The van der Waals surface area contributed by atoms with Crippen molar-refractivity contribution in [1.82, 2.24) is 5.32 Å². The Morgan fingerprint density at radius 2 is 2.12 bits per heavy atom. The number of nitrogens with one attached hydrogen (secondary N) is 1. The minimum Gasteiger partial charge on any atom is -0.370 e. The van der Waals surface area contributed by atoms with Crippen LogP contribution in [-0.4, -0.2) is 37.9 Å². The number of carbonyl (C=O) groups excluding carboxylic acids is 1. The summed E-state index contributed by atoms with van der Waals surface area (Å²) in [6.07, 6.45) is -3.47. The van der Waals surface area contributed by atoms with Crippen molar-refractivity contribution in [3.63, 3.8) is 0 Å². The summed E-state index contributed by atoms with van der Waals surface area (Å²) in [4.78, 5) is 11.1. The lowest BCUT2D eigenvalue weighted by atomic mass is 10.1. The van der Waals surface area contributed by atoms with E-state index < -0.39 is 12.8 Å². The summed E-state index contributed by atoms with van der Waals surface area (Å²) in [5.74, 6) is -0.273. The Hall–Kier alpha value is -0.820. The van der Waals surface area contributed by atoms with Crippen LogP contribution < -0.4 is 11.1 Å². The fraction of sp³-hybridized carbons (Fsp3) is 0.889. The fourth-order valence-electron chi connectivity index (χ4n) is 0.905. The van der Waals surface area contributed by atoms with E-state index in [1.165, 1.54) is 0 Å². The second-order valence-electron chi connectivity index (χ2n) is 3.39. The molecule has 3 N–H and O–H groups in total. The number of carbonyl (C=O) groups is 1. The summed E-state index contributed by atoms with van der Waals surface area (Å²) in [5, 5.41) is 2.42. The van der Waals surface area contributed by atoms with Gasteiger partial charge in [-0.25, -0.2) is 0 Å². The molecule has 0 aromatic heterocycles. The van der Waals surface area contributed by atoms with Crippen molar-refractivity contribution in [2.45, 2.75) is 32.0 Å². The van der Waals surface area contributed by atoms with Gasteiger partial charge in [-0.1, -0.05) is 6.92 Å². The number of nitrogens with two attached hydrogens (primary N) is 1. The first-order valence-corrected chi connectivity index (χ1v) is 5.02. The van der Waals surface area contributed by atoms with Crippen molar-refractivity contribution in [3.8, 4) is 0 Å². The summed E-state index contributed by atoms with van der Waals surface area (Å²) < 4.78 is 39.2. The molecule has 1 unspecified atom stereocenters. The number of halogens is 3. The lowest BCUT2D eigenvalue weighted by Crippen LogP contribution is -2.33. The molecule has 0 aromatic carbocycles. The third-order valence-corrected chi connectivity index (χ3v) is 1.81. The number of rotatable bonds is 7. The normalized spacial score (nSPS) is 13.6. The van der Waals surface area contributed by atoms with E-state index in [4.69, 9.17) is 5.73 Å². The Kier molecular flexibility index (Phi) is 7.07. The van der Waals surface area contributed by atoms with E-state index >= 15 is 0 Å². The summed E-state index contributed by atoms with van der Waals surface area (Å²) >= 11 is 0. The predicted octanol–water partition coefficient (Wildman–Crippen LogP) is 0.809. The SMILES string of the molecule is CCC(N)CC(=O)NCCOCC(F)(F)F. The van der Waals surface area contributed by atoms with Crippen LogP contribution in [0.1, 0.15) is 19.8 Å². The van der Waals surface area contributed by atoms with Gasteiger partial charge in [-0.05, 0) is 6.42 Å². The molecule has 0 heterocycles. The molecule has 0 radical (unpaired) electrons. The number of ether oxygens (including phenoxy) is 1. The molecule has 0 fully saturated rings. The maximum absolute atomic E-state index is 11.6. The van der Waals surface area contributed by atoms with Crippen molar-refractivity contribution in [1.29, 1.82) is 0 Å². The molecule has 96 valence electrons. The topological polar surface area (TPSA) is 64.4 Å². The van der Waals surface area contributed by atoms with Crippen LogP contribution in [0.3, 0.4) is 0 Å². The smallest absolute Gasteiger partial charge is 0.370 e. The molecule has 0 aliphatic heterocycles. The minimum absolute atomic E-state index is 0.0609. The van der Waals surface area contributed by atoms with Crippen molar-refractivity contribution in [2.24, 2.45) is 5.73 Å². The Balaban J connectivity index is 3.42. The van der Waals surface area contributed by atoms with Crippen LogP contribution in [0.25, 0.3) is 0 Å². The first-order chi connectivity index (χ1) is 7.35. The van der Waals surface area contributed by atoms with Crippen LogP contribution >= 0.6 is 0 Å². The molecule has 7 heteroatoms. The van der Waals surface area contributed by atoms with Crippen molar-refractivity contribution >= 4 is 5.91 Å². The zero-order valence-corrected chi connectivity index (χ0v) is 9.14. The molecule has 0 aliphatic carbocycles. The Morgan fingerprint density at radius 3 is 2.62 bits per heavy atom. The van der Waals surface area contributed by atoms with E-state index in [0.29, 0.717) is 6.42 Å². The average molecular weight is 242 g/mol. The zero-order valence-electron chi connectivity index (χ0n) is 9.14. The van der Waals surface area contributed by atoms with Crippen LogP contribution in [-0.2, 0) is 9.53 Å². The predicted molar refractivity (Wildman–Crippen MR) is 52.8 cm³/mol. The molecule has 0 rings (SSSR count). The van der Waals surface area contributed by atoms with Gasteiger partial charge in [-0.3, -0.25) is 4.79 Å². The van der Waals surface area contributed by atoms with E-state index in [1.54, 1.807) is 0 Å². The lowest BCUT2D eigenvalue weighted by Gasteiger charge is -2.10. The quantitative estimate of drug-likeness (QED) is 0.649. The van der Waals surface area contributed by atoms with E-state index in [1.807, 2.05) is 6.92 Å². The number of hydrogen-bond acceptors (Lipinski definition) is 3. The Labute approximate surface area is 92.3 Å². The van der Waals surface area contributed by atoms with E-state index in [0.717, 1.165) is 0 Å². The third-order valence-electron chi connectivity index (χ3n) is 1.81. The molecule has 4 nitrogen and oxygen atoms in total. The number of hydrogen-bond donors (Lipinski definition) is 2. The highest BCUT2D eigenvalue weighted by Gasteiger charge is 2.27. The van der Waals surface area contributed by atoms with Gasteiger partial charge in [0.25, 0.3) is 0 Å². The maximum atomic E-state index is 11.6. The third kappa shape index (κ3) is 9.72. The van der Waals surface area contributed by atoms with Crippen molar-refractivity contribution in [3.05, 3.63) is 0 Å². The van der Waals surface area contributed by atoms with Crippen molar-refractivity contribution < 1.29 is 22.7 Å². The van der Waals surface area contributed by atoms with Gasteiger partial charge in [-0.15, -0.1) is 0 Å². The van der Waals surface area contributed by atoms with Crippen LogP contribution in [0, 0.1) is 0 Å². The second-order valence-corrected chi connectivity index (χ2v) is 3.39. The molecule has 0 aromatic rings. The molecule has 16 heavy (non-hydrogen) atoms. The van der Waals surface area contributed by atoms with E-state index in [-0.39, 0.29) is 31.5 Å². The minimum atomic E-state index is -4.32. The fourth-order valence-corrected chi connectivity index (χ4v) is 0.905. The molecule has 1 atom stereocenters. The van der Waals surface area contributed by atoms with Crippen LogP contribution in [0.2, 0.25) is 0 Å². The monoisotopic (exact) mass is 242 g/mol. The van der Waals surface area contributed by atoms with Gasteiger partial charge in [0.05, 0.1) is 6.61 Å². The van der Waals surface area contributed by atoms with Gasteiger partial charge < -0.3 is 15.8 Å². The molecule has 1 amide bonds. The summed E-state index contributed by atoms with van der Waals surface area (Å²) in [7, 11) is 0. The van der Waals surface area contributed by atoms with Gasteiger partial charge in [-0.2, -0.15) is 13.2 Å². The summed E-state index contributed by atoms with van der Waals surface area (Å²) in [5.41, 5.74) is 5.52. The summed E-state index contributed by atoms with van der Waals surface area (Å²) in [6.45, 7) is 0.458. The summed E-state index contributed by atoms with van der Waals surface area (Å²) in [6, 6.07) is -0.212. The molecule has 0 saturated carbocycles. The molecule has 0 saturated heterocycles. The van der Waals surface area contributed by atoms with E-state index in [2.05, 4.69) is 10.1 Å². The highest BCUT2D eigenvalue weighted by molar-refractivity contribution is 5.76. The molecule has 0 bridgehead atoms. The van der Waals surface area contributed by atoms with Gasteiger partial charge >= 0.3 is 6.18 Å². The zero-order chi connectivity index (χ0) is 12.6. The first kappa shape index (κ1) is 15.2. The molecule has 0 spiro atoms.